The molecule has 0 radical (unpaired) electrons. The lowest BCUT2D eigenvalue weighted by Crippen LogP contribution is -2.22. The monoisotopic (exact) mass is 640 g/mol. The summed E-state index contributed by atoms with van der Waals surface area (Å²) in [4.78, 5) is 9.46. The molecule has 0 saturated heterocycles. The van der Waals surface area contributed by atoms with Crippen LogP contribution in [0.1, 0.15) is 45.1 Å². The van der Waals surface area contributed by atoms with Crippen molar-refractivity contribution in [3.05, 3.63) is 102 Å². The molecular weight excluding hydrogens is 604 g/mol. The number of anilines is 2. The predicted octanol–water partition coefficient (Wildman–Crippen LogP) is 6.56. The normalized spacial score (nSPS) is 12.5. The Morgan fingerprint density at radius 3 is 2.25 bits per heavy atom. The summed E-state index contributed by atoms with van der Waals surface area (Å²) in [7, 11) is -9.76. The average Bonchev–Trinajstić information content (AvgIpc) is 2.95. The second-order valence-corrected chi connectivity index (χ2v) is 13.3. The summed E-state index contributed by atoms with van der Waals surface area (Å²) in [5.41, 5.74) is 4.44. The SMILES string of the molecule is C=C=C(/C=C/C=C/Nc1ccccc1)C(C)(C)c1c(NCCCCCC(=O)O)ccc2c(S(=O)(=O)O)cc(S(=O)(=O)O)cc12. The number of hydrogen-bond donors (Lipinski definition) is 5. The molecule has 5 N–H and O–H groups in total. The van der Waals surface area contributed by atoms with Crippen LogP contribution in [0.15, 0.2) is 107 Å². The van der Waals surface area contributed by atoms with E-state index in [0.29, 0.717) is 48.7 Å². The van der Waals surface area contributed by atoms with E-state index < -0.39 is 41.4 Å². The Bertz CT molecular complexity index is 1840. The van der Waals surface area contributed by atoms with Crippen molar-refractivity contribution in [2.24, 2.45) is 0 Å². The quantitative estimate of drug-likeness (QED) is 0.0530. The number of allylic oxidation sites excluding steroid dienone is 4. The van der Waals surface area contributed by atoms with Crippen molar-refractivity contribution < 1.29 is 35.8 Å². The standard InChI is InChI=1S/C32H36N2O8S2/c1-4-23(13-10-12-19-33-24-14-7-5-8-15-24)32(2,3)31-27-21-25(43(37,38)39)22-29(44(40,41)42)26(27)17-18-28(31)34-20-11-6-9-16-30(35)36/h5,7-8,10,12-15,17-19,21-22,33-34H,1,6,9,11,16,20H2,2-3H3,(H,35,36)(H,37,38,39)(H,40,41,42)/b13-10+,19-12+. The summed E-state index contributed by atoms with van der Waals surface area (Å²) in [6, 6.07) is 14.5. The van der Waals surface area contributed by atoms with Crippen LogP contribution in [0.2, 0.25) is 0 Å². The van der Waals surface area contributed by atoms with Crippen molar-refractivity contribution in [3.63, 3.8) is 0 Å². The minimum atomic E-state index is -4.90. The van der Waals surface area contributed by atoms with Crippen molar-refractivity contribution in [1.82, 2.24) is 0 Å². The highest BCUT2D eigenvalue weighted by Gasteiger charge is 2.32. The molecule has 0 aliphatic carbocycles. The maximum Gasteiger partial charge on any atom is 0.303 e. The van der Waals surface area contributed by atoms with Gasteiger partial charge in [-0.1, -0.05) is 63.3 Å². The Morgan fingerprint density at radius 2 is 1.64 bits per heavy atom. The highest BCUT2D eigenvalue weighted by molar-refractivity contribution is 7.86. The van der Waals surface area contributed by atoms with E-state index in [1.807, 2.05) is 44.2 Å². The molecule has 10 nitrogen and oxygen atoms in total. The van der Waals surface area contributed by atoms with E-state index in [-0.39, 0.29) is 17.2 Å². The molecule has 3 aromatic rings. The van der Waals surface area contributed by atoms with E-state index in [2.05, 4.69) is 22.9 Å². The van der Waals surface area contributed by atoms with Gasteiger partial charge in [0, 0.05) is 46.9 Å². The van der Waals surface area contributed by atoms with Crippen LogP contribution in [0.3, 0.4) is 0 Å². The van der Waals surface area contributed by atoms with E-state index in [1.165, 1.54) is 12.1 Å². The van der Waals surface area contributed by atoms with Crippen LogP contribution in [-0.4, -0.2) is 43.6 Å². The molecule has 3 aromatic carbocycles. The number of carbonyl (C=O) groups is 1. The molecule has 12 heteroatoms. The summed E-state index contributed by atoms with van der Waals surface area (Å²) in [6.07, 6.45) is 8.88. The van der Waals surface area contributed by atoms with Crippen LogP contribution in [0, 0.1) is 0 Å². The first kappa shape index (κ1) is 34.3. The van der Waals surface area contributed by atoms with E-state index >= 15 is 0 Å². The average molecular weight is 641 g/mol. The lowest BCUT2D eigenvalue weighted by atomic mass is 9.74. The Balaban J connectivity index is 2.13. The van der Waals surface area contributed by atoms with Crippen LogP contribution in [-0.2, 0) is 30.4 Å². The lowest BCUT2D eigenvalue weighted by Gasteiger charge is -2.31. The van der Waals surface area contributed by atoms with Crippen molar-refractivity contribution in [3.8, 4) is 0 Å². The Kier molecular flexibility index (Phi) is 11.3. The van der Waals surface area contributed by atoms with Gasteiger partial charge in [0.15, 0.2) is 0 Å². The number of carboxylic acids is 1. The summed E-state index contributed by atoms with van der Waals surface area (Å²) in [5, 5.41) is 15.6. The lowest BCUT2D eigenvalue weighted by molar-refractivity contribution is -0.137. The van der Waals surface area contributed by atoms with Gasteiger partial charge < -0.3 is 15.7 Å². The topological polar surface area (TPSA) is 170 Å². The molecule has 234 valence electrons. The fourth-order valence-corrected chi connectivity index (χ4v) is 6.21. The van der Waals surface area contributed by atoms with Crippen molar-refractivity contribution in [1.29, 1.82) is 0 Å². The molecule has 0 unspecified atom stereocenters. The first-order valence-corrected chi connectivity index (χ1v) is 16.6. The number of aliphatic carboxylic acids is 1. The summed E-state index contributed by atoms with van der Waals surface area (Å²) in [6.45, 7) is 7.94. The third-order valence-corrected chi connectivity index (χ3v) is 8.74. The molecular formula is C32H36N2O8S2. The molecule has 0 bridgehead atoms. The largest absolute Gasteiger partial charge is 0.481 e. The third-order valence-electron chi connectivity index (χ3n) is 7.01. The van der Waals surface area contributed by atoms with Crippen LogP contribution in [0.5, 0.6) is 0 Å². The second kappa shape index (κ2) is 14.5. The molecule has 0 fully saturated rings. The van der Waals surface area contributed by atoms with Gasteiger partial charge in [0.1, 0.15) is 4.90 Å². The molecule has 0 saturated carbocycles. The summed E-state index contributed by atoms with van der Waals surface area (Å²) >= 11 is 0. The van der Waals surface area contributed by atoms with Gasteiger partial charge in [0.2, 0.25) is 0 Å². The van der Waals surface area contributed by atoms with Gasteiger partial charge in [-0.15, -0.1) is 5.73 Å². The first-order valence-electron chi connectivity index (χ1n) is 13.7. The molecule has 0 aliphatic rings. The molecule has 3 rings (SSSR count). The Labute approximate surface area is 258 Å². The minimum absolute atomic E-state index is 0.0503. The number of nitrogens with one attached hydrogen (secondary N) is 2. The first-order chi connectivity index (χ1) is 20.7. The maximum atomic E-state index is 12.4. The fraction of sp³-hybridized carbons (Fsp3) is 0.250. The van der Waals surface area contributed by atoms with Gasteiger partial charge in [0.05, 0.1) is 4.90 Å². The van der Waals surface area contributed by atoms with Gasteiger partial charge in [-0.25, -0.2) is 0 Å². The number of rotatable bonds is 15. The number of fused-ring (bicyclic) bond motifs is 1. The molecule has 0 aliphatic heterocycles. The number of unbranched alkanes of at least 4 members (excludes halogenated alkanes) is 2. The minimum Gasteiger partial charge on any atom is -0.481 e. The van der Waals surface area contributed by atoms with E-state index in [1.54, 1.807) is 30.5 Å². The van der Waals surface area contributed by atoms with Crippen LogP contribution < -0.4 is 10.6 Å². The van der Waals surface area contributed by atoms with Crippen molar-refractivity contribution in [2.75, 3.05) is 17.2 Å². The summed E-state index contributed by atoms with van der Waals surface area (Å²) in [5.74, 6) is -0.872. The zero-order valence-corrected chi connectivity index (χ0v) is 26.1. The molecule has 0 spiro atoms. The number of hydrogen-bond acceptors (Lipinski definition) is 7. The zero-order valence-electron chi connectivity index (χ0n) is 24.4. The zero-order chi connectivity index (χ0) is 32.5. The molecule has 44 heavy (non-hydrogen) atoms. The van der Waals surface area contributed by atoms with Crippen molar-refractivity contribution in [2.45, 2.75) is 54.7 Å². The molecule has 0 atom stereocenters. The number of para-hydroxylation sites is 1. The van der Waals surface area contributed by atoms with Gasteiger partial charge in [0.25, 0.3) is 20.2 Å². The molecule has 0 heterocycles. The third kappa shape index (κ3) is 8.91. The van der Waals surface area contributed by atoms with Gasteiger partial charge in [-0.05, 0) is 60.2 Å². The highest BCUT2D eigenvalue weighted by atomic mass is 32.2. The van der Waals surface area contributed by atoms with Crippen molar-refractivity contribution >= 4 is 48.4 Å². The number of carboxylic acid groups (broad SMARTS) is 1. The predicted molar refractivity (Wildman–Crippen MR) is 172 cm³/mol. The molecule has 0 amide bonds. The highest BCUT2D eigenvalue weighted by Crippen LogP contribution is 2.43. The second-order valence-electron chi connectivity index (χ2n) is 10.5. The van der Waals surface area contributed by atoms with Crippen LogP contribution in [0.4, 0.5) is 11.4 Å². The maximum absolute atomic E-state index is 12.4. The smallest absolute Gasteiger partial charge is 0.303 e. The van der Waals surface area contributed by atoms with Gasteiger partial charge >= 0.3 is 5.97 Å². The fourth-order valence-electron chi connectivity index (χ4n) is 4.87. The Hall–Kier alpha value is -4.19. The number of benzene rings is 3. The van der Waals surface area contributed by atoms with Crippen LogP contribution in [0.25, 0.3) is 10.8 Å². The van der Waals surface area contributed by atoms with Crippen LogP contribution >= 0.6 is 0 Å². The van der Waals surface area contributed by atoms with E-state index in [0.717, 1.165) is 5.69 Å². The summed E-state index contributed by atoms with van der Waals surface area (Å²) < 4.78 is 68.9. The van der Waals surface area contributed by atoms with E-state index in [4.69, 9.17) is 5.11 Å². The molecule has 0 aromatic heterocycles. The Morgan fingerprint density at radius 1 is 0.932 bits per heavy atom. The van der Waals surface area contributed by atoms with Gasteiger partial charge in [-0.2, -0.15) is 16.8 Å². The van der Waals surface area contributed by atoms with Gasteiger partial charge in [-0.3, -0.25) is 13.9 Å². The van der Waals surface area contributed by atoms with E-state index in [9.17, 15) is 30.7 Å².